The molecule has 2 amide bonds. The number of amides is 2. The number of nitrogens with one attached hydrogen (secondary N) is 2. The van der Waals surface area contributed by atoms with Crippen LogP contribution in [0, 0.1) is 0 Å². The van der Waals surface area contributed by atoms with Crippen molar-refractivity contribution >= 4 is 59.1 Å². The topological polar surface area (TPSA) is 135 Å². The third kappa shape index (κ3) is 7.56. The van der Waals surface area contributed by atoms with Crippen molar-refractivity contribution in [1.29, 1.82) is 0 Å². The second kappa shape index (κ2) is 11.2. The summed E-state index contributed by atoms with van der Waals surface area (Å²) in [6, 6.07) is 6.89. The van der Waals surface area contributed by atoms with Gasteiger partial charge < -0.3 is 8.83 Å². The first-order valence-corrected chi connectivity index (χ1v) is 10.8. The van der Waals surface area contributed by atoms with Crippen molar-refractivity contribution in [2.75, 3.05) is 11.5 Å². The maximum atomic E-state index is 11.8. The van der Waals surface area contributed by atoms with Crippen LogP contribution in [-0.4, -0.2) is 45.9 Å². The Hall–Kier alpha value is -2.90. The zero-order valence-corrected chi connectivity index (χ0v) is 17.1. The molecule has 0 fully saturated rings. The summed E-state index contributed by atoms with van der Waals surface area (Å²) in [4.78, 5) is 23.5. The summed E-state index contributed by atoms with van der Waals surface area (Å²) in [6.07, 6.45) is 5.85. The van der Waals surface area contributed by atoms with E-state index in [1.165, 1.54) is 59.8 Å². The maximum Gasteiger partial charge on any atom is 0.250 e. The molecule has 2 N–H and O–H groups in total. The van der Waals surface area contributed by atoms with Gasteiger partial charge in [-0.2, -0.15) is 10.2 Å². The Morgan fingerprint density at radius 3 is 1.83 bits per heavy atom. The van der Waals surface area contributed by atoms with E-state index in [2.05, 4.69) is 31.3 Å². The van der Waals surface area contributed by atoms with Gasteiger partial charge in [0.2, 0.25) is 0 Å². The Kier molecular flexibility index (Phi) is 8.03. The van der Waals surface area contributed by atoms with Crippen LogP contribution in [0.1, 0.15) is 11.5 Å². The number of aromatic nitrogens is 2. The molecular weight excluding hydrogens is 436 g/mol. The number of hydrazone groups is 2. The first kappa shape index (κ1) is 20.8. The highest BCUT2D eigenvalue weighted by atomic mass is 32.2. The summed E-state index contributed by atoms with van der Waals surface area (Å²) in [5, 5.41) is 15.6. The average Bonchev–Trinajstić information content (AvgIpc) is 3.47. The van der Waals surface area contributed by atoms with Crippen LogP contribution < -0.4 is 10.9 Å². The lowest BCUT2D eigenvalue weighted by atomic mass is 10.5. The van der Waals surface area contributed by atoms with Crippen molar-refractivity contribution in [3.63, 3.8) is 0 Å². The quantitative estimate of drug-likeness (QED) is 0.273. The standard InChI is InChI=1S/C16H14N6O4S3/c23-13(19-17-7-11-3-1-5-25-11)9-27-15-21-22-16(29-15)28-10-14(24)20-18-8-12-4-2-6-26-12/h1-8H,9-10H2,(H,19,23)(H,20,24). The van der Waals surface area contributed by atoms with Gasteiger partial charge in [-0.1, -0.05) is 34.9 Å². The molecule has 0 saturated heterocycles. The van der Waals surface area contributed by atoms with E-state index in [4.69, 9.17) is 8.83 Å². The first-order valence-electron chi connectivity index (χ1n) is 7.99. The molecule has 3 rings (SSSR count). The second-order valence-electron chi connectivity index (χ2n) is 5.03. The lowest BCUT2D eigenvalue weighted by Gasteiger charge is -1.97. The summed E-state index contributed by atoms with van der Waals surface area (Å²) >= 11 is 3.76. The molecule has 0 saturated carbocycles. The molecule has 0 aliphatic carbocycles. The Morgan fingerprint density at radius 2 is 1.41 bits per heavy atom. The van der Waals surface area contributed by atoms with Gasteiger partial charge in [0, 0.05) is 0 Å². The summed E-state index contributed by atoms with van der Waals surface area (Å²) in [6.45, 7) is 0. The zero-order chi connectivity index (χ0) is 20.3. The molecule has 3 heterocycles. The van der Waals surface area contributed by atoms with E-state index in [0.717, 1.165) is 0 Å². The normalized spacial score (nSPS) is 11.3. The van der Waals surface area contributed by atoms with E-state index in [0.29, 0.717) is 20.2 Å². The fourth-order valence-electron chi connectivity index (χ4n) is 1.70. The fraction of sp³-hybridized carbons (Fsp3) is 0.125. The van der Waals surface area contributed by atoms with Gasteiger partial charge >= 0.3 is 0 Å². The van der Waals surface area contributed by atoms with Crippen LogP contribution in [0.5, 0.6) is 0 Å². The molecule has 13 heteroatoms. The van der Waals surface area contributed by atoms with E-state index >= 15 is 0 Å². The van der Waals surface area contributed by atoms with Gasteiger partial charge in [-0.3, -0.25) is 9.59 Å². The predicted molar refractivity (Wildman–Crippen MR) is 110 cm³/mol. The van der Waals surface area contributed by atoms with Crippen LogP contribution >= 0.6 is 34.9 Å². The molecule has 0 bridgehead atoms. The molecule has 0 atom stereocenters. The van der Waals surface area contributed by atoms with E-state index in [1.54, 1.807) is 24.3 Å². The molecule has 150 valence electrons. The first-order chi connectivity index (χ1) is 14.2. The molecule has 3 aromatic heterocycles. The molecule has 10 nitrogen and oxygen atoms in total. The van der Waals surface area contributed by atoms with Crippen molar-refractivity contribution in [2.45, 2.75) is 8.68 Å². The number of rotatable bonds is 10. The molecular formula is C16H14N6O4S3. The molecule has 0 aromatic carbocycles. The average molecular weight is 451 g/mol. The summed E-state index contributed by atoms with van der Waals surface area (Å²) < 4.78 is 11.4. The van der Waals surface area contributed by atoms with E-state index in [9.17, 15) is 9.59 Å². The number of nitrogens with zero attached hydrogens (tertiary/aromatic N) is 4. The predicted octanol–water partition coefficient (Wildman–Crippen LogP) is 2.21. The third-order valence-corrected chi connectivity index (χ3v) is 6.08. The minimum absolute atomic E-state index is 0.136. The highest BCUT2D eigenvalue weighted by Crippen LogP contribution is 2.28. The van der Waals surface area contributed by atoms with Crippen molar-refractivity contribution in [2.24, 2.45) is 10.2 Å². The van der Waals surface area contributed by atoms with Crippen molar-refractivity contribution in [1.82, 2.24) is 21.0 Å². The Morgan fingerprint density at radius 1 is 0.931 bits per heavy atom. The van der Waals surface area contributed by atoms with Gasteiger partial charge in [-0.05, 0) is 24.3 Å². The van der Waals surface area contributed by atoms with Crippen LogP contribution in [0.15, 0.2) is 64.5 Å². The minimum Gasteiger partial charge on any atom is -0.463 e. The number of furan rings is 2. The Labute approximate surface area is 177 Å². The van der Waals surface area contributed by atoms with E-state index in [1.807, 2.05) is 0 Å². The third-order valence-electron chi connectivity index (χ3n) is 2.89. The van der Waals surface area contributed by atoms with Crippen LogP contribution in [0.2, 0.25) is 0 Å². The smallest absolute Gasteiger partial charge is 0.250 e. The molecule has 3 aromatic rings. The molecule has 0 aliphatic heterocycles. The number of carbonyl (C=O) groups excluding carboxylic acids is 2. The van der Waals surface area contributed by atoms with Gasteiger partial charge in [0.1, 0.15) is 11.5 Å². The minimum atomic E-state index is -0.281. The zero-order valence-electron chi connectivity index (χ0n) is 14.7. The van der Waals surface area contributed by atoms with E-state index < -0.39 is 0 Å². The molecule has 0 unspecified atom stereocenters. The van der Waals surface area contributed by atoms with Crippen LogP contribution in [0.3, 0.4) is 0 Å². The van der Waals surface area contributed by atoms with Crippen LogP contribution in [0.25, 0.3) is 0 Å². The monoisotopic (exact) mass is 450 g/mol. The van der Waals surface area contributed by atoms with Crippen LogP contribution in [0.4, 0.5) is 0 Å². The van der Waals surface area contributed by atoms with Crippen LogP contribution in [-0.2, 0) is 9.59 Å². The molecule has 29 heavy (non-hydrogen) atoms. The molecule has 0 spiro atoms. The lowest BCUT2D eigenvalue weighted by Crippen LogP contribution is -2.19. The summed E-state index contributed by atoms with van der Waals surface area (Å²) in [5.41, 5.74) is 4.79. The maximum absolute atomic E-state index is 11.8. The fourth-order valence-corrected chi connectivity index (χ4v) is 4.30. The van der Waals surface area contributed by atoms with Crippen molar-refractivity contribution < 1.29 is 18.4 Å². The second-order valence-corrected chi connectivity index (χ2v) is 8.45. The highest BCUT2D eigenvalue weighted by molar-refractivity contribution is 8.03. The summed E-state index contributed by atoms with van der Waals surface area (Å²) in [5.74, 6) is 0.791. The van der Waals surface area contributed by atoms with Gasteiger partial charge in [-0.15, -0.1) is 10.2 Å². The Balaban J connectivity index is 1.33. The lowest BCUT2D eigenvalue weighted by molar-refractivity contribution is -0.119. The number of carbonyl (C=O) groups is 2. The highest BCUT2D eigenvalue weighted by Gasteiger charge is 2.10. The van der Waals surface area contributed by atoms with Gasteiger partial charge in [0.15, 0.2) is 8.68 Å². The van der Waals surface area contributed by atoms with E-state index in [-0.39, 0.29) is 23.3 Å². The van der Waals surface area contributed by atoms with Gasteiger partial charge in [0.25, 0.3) is 11.8 Å². The summed E-state index contributed by atoms with van der Waals surface area (Å²) in [7, 11) is 0. The van der Waals surface area contributed by atoms with Crippen molar-refractivity contribution in [3.05, 3.63) is 48.3 Å². The number of hydrogen-bond donors (Lipinski definition) is 2. The molecule has 0 radical (unpaired) electrons. The largest absolute Gasteiger partial charge is 0.463 e. The van der Waals surface area contributed by atoms with Gasteiger partial charge in [-0.25, -0.2) is 10.9 Å². The van der Waals surface area contributed by atoms with Gasteiger partial charge in [0.05, 0.1) is 36.5 Å². The number of hydrogen-bond acceptors (Lipinski definition) is 11. The Bertz CT molecular complexity index is 892. The number of thioether (sulfide) groups is 2. The SMILES string of the molecule is O=C(CSc1nnc(SCC(=O)NN=Cc2ccco2)s1)NN=Cc1ccco1. The van der Waals surface area contributed by atoms with Crippen molar-refractivity contribution in [3.8, 4) is 0 Å². The molecule has 0 aliphatic rings.